The number of ketones is 1. The third-order valence-corrected chi connectivity index (χ3v) is 1.98. The molecule has 0 aliphatic rings. The molecule has 1 atom stereocenters. The van der Waals surface area contributed by atoms with Crippen molar-refractivity contribution in [3.8, 4) is 18.1 Å². The van der Waals surface area contributed by atoms with Crippen LogP contribution in [0, 0.1) is 12.3 Å². The first kappa shape index (κ1) is 12.2. The molecular formula is C12H14N2O2. The molecule has 0 bridgehead atoms. The van der Waals surface area contributed by atoms with Crippen LogP contribution in [0.4, 0.5) is 0 Å². The summed E-state index contributed by atoms with van der Waals surface area (Å²) in [6, 6.07) is 0.943. The van der Waals surface area contributed by atoms with Crippen molar-refractivity contribution in [2.24, 2.45) is 5.73 Å². The number of rotatable bonds is 5. The summed E-state index contributed by atoms with van der Waals surface area (Å²) < 4.78 is 5.24. The molecule has 0 amide bonds. The molecule has 16 heavy (non-hydrogen) atoms. The van der Waals surface area contributed by atoms with E-state index in [0.29, 0.717) is 17.9 Å². The van der Waals surface area contributed by atoms with E-state index in [1.807, 2.05) is 6.92 Å². The van der Waals surface area contributed by atoms with Crippen molar-refractivity contribution in [1.29, 1.82) is 0 Å². The highest BCUT2D eigenvalue weighted by Gasteiger charge is 2.15. The number of pyridine rings is 1. The van der Waals surface area contributed by atoms with E-state index in [-0.39, 0.29) is 12.2 Å². The lowest BCUT2D eigenvalue weighted by Gasteiger charge is -2.08. The van der Waals surface area contributed by atoms with Crippen molar-refractivity contribution in [2.75, 3.05) is 6.61 Å². The molecular weight excluding hydrogens is 204 g/mol. The second-order valence-electron chi connectivity index (χ2n) is 3.22. The van der Waals surface area contributed by atoms with Crippen molar-refractivity contribution in [1.82, 2.24) is 4.98 Å². The number of aromatic nitrogens is 1. The molecule has 4 nitrogen and oxygen atoms in total. The Morgan fingerprint density at radius 2 is 2.44 bits per heavy atom. The van der Waals surface area contributed by atoms with Crippen molar-refractivity contribution < 1.29 is 9.53 Å². The van der Waals surface area contributed by atoms with Gasteiger partial charge < -0.3 is 10.5 Å². The number of Topliss-reactive ketones (excluding diaryl/α,β-unsaturated/α-hetero) is 1. The highest BCUT2D eigenvalue weighted by Crippen LogP contribution is 2.12. The minimum Gasteiger partial charge on any atom is -0.492 e. The topological polar surface area (TPSA) is 65.2 Å². The Morgan fingerprint density at radius 3 is 3.06 bits per heavy atom. The van der Waals surface area contributed by atoms with E-state index < -0.39 is 6.04 Å². The minimum absolute atomic E-state index is 0.216. The van der Waals surface area contributed by atoms with Crippen LogP contribution >= 0.6 is 0 Å². The van der Waals surface area contributed by atoms with E-state index in [2.05, 4.69) is 10.9 Å². The van der Waals surface area contributed by atoms with Gasteiger partial charge in [0.1, 0.15) is 5.75 Å². The van der Waals surface area contributed by atoms with Gasteiger partial charge in [0.2, 0.25) is 0 Å². The van der Waals surface area contributed by atoms with Crippen LogP contribution < -0.4 is 10.5 Å². The van der Waals surface area contributed by atoms with Crippen molar-refractivity contribution in [2.45, 2.75) is 19.4 Å². The first-order valence-corrected chi connectivity index (χ1v) is 5.00. The number of hydrogen-bond acceptors (Lipinski definition) is 4. The zero-order valence-electron chi connectivity index (χ0n) is 9.14. The van der Waals surface area contributed by atoms with Crippen molar-refractivity contribution >= 4 is 5.78 Å². The Hall–Kier alpha value is -1.86. The highest BCUT2D eigenvalue weighted by atomic mass is 16.5. The fourth-order valence-corrected chi connectivity index (χ4v) is 1.23. The lowest BCUT2D eigenvalue weighted by atomic mass is 10.0. The van der Waals surface area contributed by atoms with Gasteiger partial charge in [-0.25, -0.2) is 0 Å². The molecule has 1 aromatic heterocycles. The summed E-state index contributed by atoms with van der Waals surface area (Å²) in [5.41, 5.74) is 6.05. The monoisotopic (exact) mass is 218 g/mol. The maximum atomic E-state index is 11.8. The Morgan fingerprint density at radius 1 is 1.69 bits per heavy atom. The van der Waals surface area contributed by atoms with Crippen LogP contribution in [0.1, 0.15) is 23.7 Å². The molecule has 0 saturated carbocycles. The highest BCUT2D eigenvalue weighted by molar-refractivity contribution is 6.00. The average Bonchev–Trinajstić information content (AvgIpc) is 2.29. The molecule has 4 heteroatoms. The molecule has 0 spiro atoms. The van der Waals surface area contributed by atoms with Crippen LogP contribution in [0.3, 0.4) is 0 Å². The Balaban J connectivity index is 2.83. The van der Waals surface area contributed by atoms with Gasteiger partial charge in [-0.2, -0.15) is 0 Å². The summed E-state index contributed by atoms with van der Waals surface area (Å²) in [7, 11) is 0. The van der Waals surface area contributed by atoms with Crippen molar-refractivity contribution in [3.63, 3.8) is 0 Å². The molecule has 1 rings (SSSR count). The molecule has 0 fully saturated rings. The van der Waals surface area contributed by atoms with Gasteiger partial charge in [-0.15, -0.1) is 12.3 Å². The van der Waals surface area contributed by atoms with Crippen LogP contribution in [0.15, 0.2) is 18.5 Å². The maximum Gasteiger partial charge on any atom is 0.182 e. The van der Waals surface area contributed by atoms with Gasteiger partial charge in [-0.05, 0) is 13.0 Å². The van der Waals surface area contributed by atoms with E-state index in [1.54, 1.807) is 12.3 Å². The Labute approximate surface area is 94.8 Å². The van der Waals surface area contributed by atoms with Gasteiger partial charge >= 0.3 is 0 Å². The first-order chi connectivity index (χ1) is 7.69. The van der Waals surface area contributed by atoms with Gasteiger partial charge in [-0.3, -0.25) is 9.78 Å². The van der Waals surface area contributed by atoms with E-state index >= 15 is 0 Å². The zero-order chi connectivity index (χ0) is 12.0. The Kier molecular flexibility index (Phi) is 4.49. The smallest absolute Gasteiger partial charge is 0.182 e. The molecule has 0 saturated heterocycles. The van der Waals surface area contributed by atoms with E-state index in [4.69, 9.17) is 16.9 Å². The number of carbonyl (C=O) groups is 1. The largest absolute Gasteiger partial charge is 0.492 e. The summed E-state index contributed by atoms with van der Waals surface area (Å²) in [6.45, 7) is 2.38. The van der Waals surface area contributed by atoms with Crippen LogP contribution in [-0.4, -0.2) is 23.4 Å². The predicted molar refractivity (Wildman–Crippen MR) is 61.2 cm³/mol. The molecule has 1 unspecified atom stereocenters. The molecule has 0 aromatic carbocycles. The van der Waals surface area contributed by atoms with Gasteiger partial charge in [0.25, 0.3) is 0 Å². The summed E-state index contributed by atoms with van der Waals surface area (Å²) in [5, 5.41) is 0. The lowest BCUT2D eigenvalue weighted by Crippen LogP contribution is -2.30. The fraction of sp³-hybridized carbons (Fsp3) is 0.333. The molecule has 1 aromatic rings. The van der Waals surface area contributed by atoms with Crippen LogP contribution in [-0.2, 0) is 0 Å². The lowest BCUT2D eigenvalue weighted by molar-refractivity contribution is 0.0962. The summed E-state index contributed by atoms with van der Waals surface area (Å²) in [6.07, 6.45) is 8.33. The van der Waals surface area contributed by atoms with Gasteiger partial charge in [0, 0.05) is 18.2 Å². The van der Waals surface area contributed by atoms with E-state index in [0.717, 1.165) is 0 Å². The van der Waals surface area contributed by atoms with Gasteiger partial charge in [0.05, 0.1) is 18.8 Å². The maximum absolute atomic E-state index is 11.8. The molecule has 84 valence electrons. The standard InChI is InChI=1S/C12H14N2O2/c1-3-5-11(13)12(15)9-6-10(16-4-2)8-14-7-9/h1,6-8,11H,4-5,13H2,2H3. The second-order valence-corrected chi connectivity index (χ2v) is 3.22. The van der Waals surface area contributed by atoms with Crippen LogP contribution in [0.5, 0.6) is 5.75 Å². The summed E-state index contributed by atoms with van der Waals surface area (Å²) >= 11 is 0. The number of nitrogens with zero attached hydrogens (tertiary/aromatic N) is 1. The predicted octanol–water partition coefficient (Wildman–Crippen LogP) is 1.01. The van der Waals surface area contributed by atoms with E-state index in [1.165, 1.54) is 6.20 Å². The fourth-order valence-electron chi connectivity index (χ4n) is 1.23. The number of carbonyl (C=O) groups excluding carboxylic acids is 1. The summed E-state index contributed by atoms with van der Waals surface area (Å²) in [4.78, 5) is 15.7. The molecule has 0 aliphatic heterocycles. The number of terminal acetylenes is 1. The number of nitrogens with two attached hydrogens (primary N) is 1. The van der Waals surface area contributed by atoms with Crippen LogP contribution in [0.25, 0.3) is 0 Å². The minimum atomic E-state index is -0.677. The SMILES string of the molecule is C#CCC(N)C(=O)c1cncc(OCC)c1. The van der Waals surface area contributed by atoms with Gasteiger partial charge in [-0.1, -0.05) is 0 Å². The first-order valence-electron chi connectivity index (χ1n) is 5.00. The van der Waals surface area contributed by atoms with E-state index in [9.17, 15) is 4.79 Å². The normalized spacial score (nSPS) is 11.6. The number of ether oxygens (including phenoxy) is 1. The Bertz CT molecular complexity index is 410. The molecule has 2 N–H and O–H groups in total. The third kappa shape index (κ3) is 3.07. The second kappa shape index (κ2) is 5.89. The molecule has 1 heterocycles. The zero-order valence-corrected chi connectivity index (χ0v) is 9.14. The average molecular weight is 218 g/mol. The number of hydrogen-bond donors (Lipinski definition) is 1. The van der Waals surface area contributed by atoms with Crippen molar-refractivity contribution in [3.05, 3.63) is 24.0 Å². The summed E-state index contributed by atoms with van der Waals surface area (Å²) in [5.74, 6) is 2.70. The van der Waals surface area contributed by atoms with Crippen LogP contribution in [0.2, 0.25) is 0 Å². The molecule has 0 radical (unpaired) electrons. The molecule has 0 aliphatic carbocycles. The third-order valence-electron chi connectivity index (χ3n) is 1.98. The quantitative estimate of drug-likeness (QED) is 0.591. The van der Waals surface area contributed by atoms with Gasteiger partial charge in [0.15, 0.2) is 5.78 Å².